The number of carbonyl (C=O) groups is 6. The first-order valence-corrected chi connectivity index (χ1v) is 23.4. The molecule has 0 saturated carbocycles. The number of benzene rings is 2. The van der Waals surface area contributed by atoms with E-state index in [2.05, 4.69) is 26.6 Å². The summed E-state index contributed by atoms with van der Waals surface area (Å²) in [5.41, 5.74) is -6.08. The third-order valence-corrected chi connectivity index (χ3v) is 13.3. The van der Waals surface area contributed by atoms with Crippen LogP contribution in [0.4, 0.5) is 4.79 Å². The fraction of sp³-hybridized carbons (Fsp3) is 0.481. The molecular formula is C54H69N5O8. The third kappa shape index (κ3) is 9.13. The van der Waals surface area contributed by atoms with Gasteiger partial charge >= 0.3 is 12.1 Å². The van der Waals surface area contributed by atoms with Gasteiger partial charge in [-0.25, -0.2) is 9.59 Å². The molecule has 5 atom stereocenters. The van der Waals surface area contributed by atoms with Crippen LogP contribution in [0.15, 0.2) is 119 Å². The van der Waals surface area contributed by atoms with Gasteiger partial charge in [0.05, 0.1) is 12.7 Å². The molecule has 358 valence electrons. The fourth-order valence-electron chi connectivity index (χ4n) is 10.2. The Hall–Kier alpha value is -6.24. The van der Waals surface area contributed by atoms with Gasteiger partial charge in [-0.1, -0.05) is 114 Å². The molecule has 4 heterocycles. The van der Waals surface area contributed by atoms with Crippen LogP contribution in [0.5, 0.6) is 0 Å². The van der Waals surface area contributed by atoms with Crippen molar-refractivity contribution in [1.82, 2.24) is 26.6 Å². The number of nitrogens with one attached hydrogen (secondary N) is 5. The fourth-order valence-corrected chi connectivity index (χ4v) is 10.2. The van der Waals surface area contributed by atoms with Gasteiger partial charge in [0.1, 0.15) is 27.8 Å². The summed E-state index contributed by atoms with van der Waals surface area (Å²) < 4.78 is 11.0. The van der Waals surface area contributed by atoms with E-state index < -0.39 is 68.6 Å². The van der Waals surface area contributed by atoms with Crippen LogP contribution in [-0.2, 0) is 46.3 Å². The maximum Gasteiger partial charge on any atom is 0.408 e. The normalized spacial score (nSPS) is 25.7. The van der Waals surface area contributed by atoms with Gasteiger partial charge in [-0.2, -0.15) is 0 Å². The SMILES string of the molecule is COC(=O)C(Cc1ccccc1)(NC(=O)OC(C)(C)C)C1=CNC(C2=CNC(CC(C)C)(C3=CNC(CC(C)C)(C4=CNC(CC=C(C)C)(Cc5ccccc5)C4=O)C3=O)C2=O)(C(C)C)C1=O. The molecule has 13 heteroatoms. The number of hydrogen-bond acceptors (Lipinski definition) is 12. The lowest BCUT2D eigenvalue weighted by atomic mass is 9.66. The predicted octanol–water partition coefficient (Wildman–Crippen LogP) is 7.19. The predicted molar refractivity (Wildman–Crippen MR) is 258 cm³/mol. The van der Waals surface area contributed by atoms with Gasteiger partial charge in [-0.3, -0.25) is 19.2 Å². The van der Waals surface area contributed by atoms with Gasteiger partial charge in [0, 0.05) is 54.4 Å². The Morgan fingerprint density at radius 1 is 0.672 bits per heavy atom. The van der Waals surface area contributed by atoms with E-state index in [0.29, 0.717) is 24.0 Å². The number of Topliss-reactive ketones (excluding diaryl/α,β-unsaturated/α-hetero) is 4. The quantitative estimate of drug-likeness (QED) is 0.0798. The molecule has 0 aromatic heterocycles. The molecule has 0 spiro atoms. The lowest BCUT2D eigenvalue weighted by molar-refractivity contribution is -0.148. The molecule has 4 aliphatic heterocycles. The second kappa shape index (κ2) is 18.8. The molecule has 0 saturated heterocycles. The highest BCUT2D eigenvalue weighted by Crippen LogP contribution is 2.48. The van der Waals surface area contributed by atoms with Crippen LogP contribution >= 0.6 is 0 Å². The number of amides is 1. The van der Waals surface area contributed by atoms with Crippen molar-refractivity contribution in [3.63, 3.8) is 0 Å². The highest BCUT2D eigenvalue weighted by Gasteiger charge is 2.65. The molecule has 67 heavy (non-hydrogen) atoms. The van der Waals surface area contributed by atoms with Crippen LogP contribution in [0.1, 0.15) is 107 Å². The first-order valence-electron chi connectivity index (χ1n) is 23.4. The van der Waals surface area contributed by atoms with Crippen molar-refractivity contribution in [2.24, 2.45) is 17.8 Å². The molecule has 6 rings (SSSR count). The molecule has 0 fully saturated rings. The maximum absolute atomic E-state index is 15.7. The minimum absolute atomic E-state index is 0.0478. The molecule has 5 unspecified atom stereocenters. The van der Waals surface area contributed by atoms with Crippen molar-refractivity contribution in [3.05, 3.63) is 131 Å². The van der Waals surface area contributed by atoms with E-state index in [1.54, 1.807) is 71.3 Å². The van der Waals surface area contributed by atoms with Crippen molar-refractivity contribution < 1.29 is 38.2 Å². The van der Waals surface area contributed by atoms with Gasteiger partial charge in [0.2, 0.25) is 0 Å². The minimum Gasteiger partial charge on any atom is -0.467 e. The molecule has 0 radical (unpaired) electrons. The highest BCUT2D eigenvalue weighted by atomic mass is 16.6. The number of carbonyl (C=O) groups excluding carboxylic acids is 6. The average molecular weight is 916 g/mol. The van der Waals surface area contributed by atoms with Crippen molar-refractivity contribution in [2.75, 3.05) is 7.11 Å². The van der Waals surface area contributed by atoms with Crippen LogP contribution in [0.2, 0.25) is 0 Å². The topological polar surface area (TPSA) is 181 Å². The highest BCUT2D eigenvalue weighted by molar-refractivity contribution is 6.26. The summed E-state index contributed by atoms with van der Waals surface area (Å²) in [6.07, 6.45) is 8.25. The minimum atomic E-state index is -2.11. The Kier molecular flexibility index (Phi) is 14.1. The van der Waals surface area contributed by atoms with Crippen molar-refractivity contribution in [3.8, 4) is 0 Å². The zero-order chi connectivity index (χ0) is 49.3. The largest absolute Gasteiger partial charge is 0.467 e. The Labute approximate surface area is 395 Å². The summed E-state index contributed by atoms with van der Waals surface area (Å²) >= 11 is 0. The second-order valence-electron chi connectivity index (χ2n) is 21.0. The molecule has 4 aliphatic rings. The molecule has 5 N–H and O–H groups in total. The van der Waals surface area contributed by atoms with E-state index in [4.69, 9.17) is 9.47 Å². The molecule has 0 bridgehead atoms. The lowest BCUT2D eigenvalue weighted by Crippen LogP contribution is -2.62. The van der Waals surface area contributed by atoms with Crippen LogP contribution in [0, 0.1) is 17.8 Å². The van der Waals surface area contributed by atoms with Gasteiger partial charge < -0.3 is 36.1 Å². The zero-order valence-electron chi connectivity index (χ0n) is 41.2. The standard InChI is InChI=1S/C54H69N5O8/c1-33(2)23-24-50(27-37-19-15-13-16-20-37)43(60)39(29-55-50)51(25-34(3)4)44(61)40(30-56-51)52(26-35(5)6)45(62)42(32-57-52)54(36(7)8)46(63)41(31-58-54)53(47(64)66-12,28-38-21-17-14-18-22-38)59-48(65)67-49(9,10)11/h13-23,29-32,34-36,55-58H,24-28H2,1-12H3,(H,59,65). The van der Waals surface area contributed by atoms with Crippen molar-refractivity contribution >= 4 is 35.2 Å². The summed E-state index contributed by atoms with van der Waals surface area (Å²) in [6, 6.07) is 18.7. The number of allylic oxidation sites excluding steroid dienone is 1. The van der Waals surface area contributed by atoms with Crippen LogP contribution < -0.4 is 26.6 Å². The van der Waals surface area contributed by atoms with Gasteiger partial charge in [0.15, 0.2) is 28.7 Å². The summed E-state index contributed by atoms with van der Waals surface area (Å²) in [5, 5.41) is 16.2. The van der Waals surface area contributed by atoms with E-state index in [-0.39, 0.29) is 53.6 Å². The molecule has 0 aliphatic carbocycles. The Morgan fingerprint density at radius 2 is 1.18 bits per heavy atom. The van der Waals surface area contributed by atoms with Crippen LogP contribution in [0.3, 0.4) is 0 Å². The Bertz CT molecular complexity index is 2460. The van der Waals surface area contributed by atoms with E-state index >= 15 is 19.2 Å². The Balaban J connectivity index is 1.41. The Morgan fingerprint density at radius 3 is 1.69 bits per heavy atom. The first kappa shape index (κ1) is 50.2. The summed E-state index contributed by atoms with van der Waals surface area (Å²) in [7, 11) is 1.17. The van der Waals surface area contributed by atoms with E-state index in [1.807, 2.05) is 84.0 Å². The van der Waals surface area contributed by atoms with Crippen molar-refractivity contribution in [2.45, 2.75) is 142 Å². The summed E-state index contributed by atoms with van der Waals surface area (Å²) in [5.74, 6) is -3.49. The average Bonchev–Trinajstić information content (AvgIpc) is 3.97. The molecule has 13 nitrogen and oxygen atoms in total. The first-order chi connectivity index (χ1) is 31.4. The lowest BCUT2D eigenvalue weighted by Gasteiger charge is -2.39. The number of ether oxygens (including phenoxy) is 2. The third-order valence-electron chi connectivity index (χ3n) is 13.3. The van der Waals surface area contributed by atoms with E-state index in [9.17, 15) is 9.59 Å². The zero-order valence-corrected chi connectivity index (χ0v) is 41.2. The maximum atomic E-state index is 15.7. The number of esters is 1. The number of rotatable bonds is 17. The smallest absolute Gasteiger partial charge is 0.408 e. The van der Waals surface area contributed by atoms with Gasteiger partial charge in [-0.15, -0.1) is 0 Å². The monoisotopic (exact) mass is 916 g/mol. The van der Waals surface area contributed by atoms with Crippen LogP contribution in [0.25, 0.3) is 0 Å². The van der Waals surface area contributed by atoms with Crippen molar-refractivity contribution in [1.29, 1.82) is 0 Å². The molecule has 1 amide bonds. The van der Waals surface area contributed by atoms with E-state index in [0.717, 1.165) is 11.1 Å². The number of hydrogen-bond donors (Lipinski definition) is 5. The molecule has 2 aromatic carbocycles. The summed E-state index contributed by atoms with van der Waals surface area (Å²) in [4.78, 5) is 90.0. The van der Waals surface area contributed by atoms with Gasteiger partial charge in [-0.05, 0) is 82.8 Å². The van der Waals surface area contributed by atoms with Gasteiger partial charge in [0.25, 0.3) is 0 Å². The van der Waals surface area contributed by atoms with Crippen LogP contribution in [-0.4, -0.2) is 75.6 Å². The molecular weight excluding hydrogens is 847 g/mol. The summed E-state index contributed by atoms with van der Waals surface area (Å²) in [6.45, 7) is 20.5. The second-order valence-corrected chi connectivity index (χ2v) is 21.0. The number of alkyl carbamates (subject to hydrolysis) is 1. The molecule has 2 aromatic rings. The number of ketones is 4. The number of methoxy groups -OCH3 is 1. The van der Waals surface area contributed by atoms with E-state index in [1.165, 1.54) is 19.5 Å².